The Hall–Kier alpha value is -4.17. The number of anilines is 2. The molecule has 3 heterocycles. The Bertz CT molecular complexity index is 1540. The van der Waals surface area contributed by atoms with Crippen molar-refractivity contribution < 1.29 is 9.84 Å². The minimum absolute atomic E-state index is 0.430. The van der Waals surface area contributed by atoms with Crippen molar-refractivity contribution in [3.05, 3.63) is 73.1 Å². The highest BCUT2D eigenvalue weighted by molar-refractivity contribution is 5.89. The first-order valence-corrected chi connectivity index (χ1v) is 11.8. The van der Waals surface area contributed by atoms with E-state index in [1.54, 1.807) is 25.6 Å². The van der Waals surface area contributed by atoms with Crippen molar-refractivity contribution in [2.24, 2.45) is 7.05 Å². The molecule has 184 valence electrons. The van der Waals surface area contributed by atoms with Gasteiger partial charge in [0, 0.05) is 36.0 Å². The van der Waals surface area contributed by atoms with Gasteiger partial charge in [-0.15, -0.1) is 0 Å². The maximum absolute atomic E-state index is 10.1. The standard InChI is InChI=1S/C28H30N6O2/c1-18-29-15-25(33(18)4)20-8-9-24(26(11-20)36-5)32-27-12-22-10-19(6-7-21(22)13-30-27)23-14-31-34(16-23)17-28(2,3)35/h6-16,35H,17H2,1-5H3,(H,30,32). The number of pyridine rings is 1. The zero-order valence-electron chi connectivity index (χ0n) is 21.1. The zero-order chi connectivity index (χ0) is 25.4. The van der Waals surface area contributed by atoms with E-state index in [4.69, 9.17) is 4.74 Å². The van der Waals surface area contributed by atoms with Crippen molar-refractivity contribution in [2.45, 2.75) is 32.9 Å². The van der Waals surface area contributed by atoms with E-state index < -0.39 is 5.60 Å². The number of benzene rings is 2. The number of fused-ring (bicyclic) bond motifs is 1. The Balaban J connectivity index is 1.42. The minimum Gasteiger partial charge on any atom is -0.495 e. The van der Waals surface area contributed by atoms with E-state index in [2.05, 4.69) is 43.1 Å². The van der Waals surface area contributed by atoms with E-state index in [0.717, 1.165) is 56.2 Å². The van der Waals surface area contributed by atoms with E-state index in [1.165, 1.54) is 0 Å². The molecule has 0 aliphatic rings. The van der Waals surface area contributed by atoms with Gasteiger partial charge in [0.05, 0.1) is 43.0 Å². The number of rotatable bonds is 7. The van der Waals surface area contributed by atoms with Crippen molar-refractivity contribution >= 4 is 22.3 Å². The first-order chi connectivity index (χ1) is 17.2. The van der Waals surface area contributed by atoms with Crippen molar-refractivity contribution in [2.75, 3.05) is 12.4 Å². The summed E-state index contributed by atoms with van der Waals surface area (Å²) in [6.07, 6.45) is 7.51. The fraction of sp³-hybridized carbons (Fsp3) is 0.250. The van der Waals surface area contributed by atoms with Gasteiger partial charge in [-0.25, -0.2) is 9.97 Å². The summed E-state index contributed by atoms with van der Waals surface area (Å²) >= 11 is 0. The number of aliphatic hydroxyl groups is 1. The lowest BCUT2D eigenvalue weighted by Gasteiger charge is -2.16. The van der Waals surface area contributed by atoms with Crippen LogP contribution in [0.1, 0.15) is 19.7 Å². The monoisotopic (exact) mass is 482 g/mol. The van der Waals surface area contributed by atoms with Gasteiger partial charge in [0.25, 0.3) is 0 Å². The van der Waals surface area contributed by atoms with Crippen LogP contribution in [-0.2, 0) is 13.6 Å². The number of nitrogens with zero attached hydrogens (tertiary/aromatic N) is 5. The number of hydrogen-bond acceptors (Lipinski definition) is 6. The maximum Gasteiger partial charge on any atom is 0.143 e. The maximum atomic E-state index is 10.1. The number of aryl methyl sites for hydroxylation is 1. The van der Waals surface area contributed by atoms with Crippen LogP contribution in [0.3, 0.4) is 0 Å². The molecule has 0 aliphatic heterocycles. The number of aromatic nitrogens is 5. The third kappa shape index (κ3) is 4.81. The number of ether oxygens (including phenoxy) is 1. The van der Waals surface area contributed by atoms with Gasteiger partial charge in [-0.1, -0.05) is 18.2 Å². The van der Waals surface area contributed by atoms with E-state index in [0.29, 0.717) is 6.54 Å². The first-order valence-electron chi connectivity index (χ1n) is 11.8. The molecule has 3 aromatic heterocycles. The lowest BCUT2D eigenvalue weighted by atomic mass is 10.0. The Kier molecular flexibility index (Phi) is 5.97. The second kappa shape index (κ2) is 9.13. The van der Waals surface area contributed by atoms with Crippen LogP contribution in [0, 0.1) is 6.92 Å². The Morgan fingerprint density at radius 2 is 1.75 bits per heavy atom. The second-order valence-corrected chi connectivity index (χ2v) is 9.66. The van der Waals surface area contributed by atoms with Gasteiger partial charge in [0.2, 0.25) is 0 Å². The molecule has 36 heavy (non-hydrogen) atoms. The lowest BCUT2D eigenvalue weighted by Crippen LogP contribution is -2.26. The van der Waals surface area contributed by atoms with E-state index >= 15 is 0 Å². The van der Waals surface area contributed by atoms with Crippen LogP contribution in [0.5, 0.6) is 5.75 Å². The Morgan fingerprint density at radius 3 is 2.47 bits per heavy atom. The quantitative estimate of drug-likeness (QED) is 0.326. The highest BCUT2D eigenvalue weighted by Gasteiger charge is 2.15. The Morgan fingerprint density at radius 1 is 0.944 bits per heavy atom. The summed E-state index contributed by atoms with van der Waals surface area (Å²) in [5, 5.41) is 20.0. The summed E-state index contributed by atoms with van der Waals surface area (Å²) in [4.78, 5) is 8.99. The van der Waals surface area contributed by atoms with E-state index in [1.807, 2.05) is 63.0 Å². The van der Waals surface area contributed by atoms with Crippen molar-refractivity contribution in [1.29, 1.82) is 0 Å². The largest absolute Gasteiger partial charge is 0.495 e. The van der Waals surface area contributed by atoms with E-state index in [9.17, 15) is 5.11 Å². The summed E-state index contributed by atoms with van der Waals surface area (Å²) in [6.45, 7) is 5.96. The van der Waals surface area contributed by atoms with Gasteiger partial charge in [-0.2, -0.15) is 5.10 Å². The predicted octanol–water partition coefficient (Wildman–Crippen LogP) is 5.33. The molecule has 0 aliphatic carbocycles. The van der Waals surface area contributed by atoms with Crippen LogP contribution in [0.15, 0.2) is 67.3 Å². The topological polar surface area (TPSA) is 90.0 Å². The second-order valence-electron chi connectivity index (χ2n) is 9.66. The molecule has 0 amide bonds. The minimum atomic E-state index is -0.825. The van der Waals surface area contributed by atoms with Gasteiger partial charge in [-0.05, 0) is 56.0 Å². The highest BCUT2D eigenvalue weighted by atomic mass is 16.5. The summed E-state index contributed by atoms with van der Waals surface area (Å²) in [6, 6.07) is 14.3. The van der Waals surface area contributed by atoms with Crippen LogP contribution >= 0.6 is 0 Å². The third-order valence-electron chi connectivity index (χ3n) is 6.22. The van der Waals surface area contributed by atoms with Crippen LogP contribution in [0.25, 0.3) is 33.2 Å². The fourth-order valence-corrected chi connectivity index (χ4v) is 4.25. The molecule has 0 radical (unpaired) electrons. The normalized spacial score (nSPS) is 11.7. The number of methoxy groups -OCH3 is 1. The fourth-order valence-electron chi connectivity index (χ4n) is 4.25. The molecule has 0 saturated heterocycles. The number of hydrogen-bond donors (Lipinski definition) is 2. The van der Waals surface area contributed by atoms with Gasteiger partial charge in [0.15, 0.2) is 0 Å². The van der Waals surface area contributed by atoms with Gasteiger partial charge >= 0.3 is 0 Å². The predicted molar refractivity (Wildman–Crippen MR) is 142 cm³/mol. The molecule has 0 bridgehead atoms. The summed E-state index contributed by atoms with van der Waals surface area (Å²) in [7, 11) is 3.67. The average Bonchev–Trinajstić information content (AvgIpc) is 3.44. The molecule has 2 aromatic carbocycles. The molecular formula is C28H30N6O2. The molecule has 0 fully saturated rings. The smallest absolute Gasteiger partial charge is 0.143 e. The van der Waals surface area contributed by atoms with Crippen LogP contribution in [0.2, 0.25) is 0 Å². The first kappa shape index (κ1) is 23.6. The van der Waals surface area contributed by atoms with Gasteiger partial charge in [0.1, 0.15) is 17.4 Å². The summed E-state index contributed by atoms with van der Waals surface area (Å²) in [5.74, 6) is 2.40. The number of nitrogens with one attached hydrogen (secondary N) is 1. The molecule has 2 N–H and O–H groups in total. The van der Waals surface area contributed by atoms with Crippen molar-refractivity contribution in [3.8, 4) is 28.1 Å². The molecule has 8 heteroatoms. The van der Waals surface area contributed by atoms with Crippen LogP contribution < -0.4 is 10.1 Å². The summed E-state index contributed by atoms with van der Waals surface area (Å²) in [5.41, 5.74) is 4.11. The lowest BCUT2D eigenvalue weighted by molar-refractivity contribution is 0.0577. The molecule has 0 spiro atoms. The van der Waals surface area contributed by atoms with E-state index in [-0.39, 0.29) is 0 Å². The summed E-state index contributed by atoms with van der Waals surface area (Å²) < 4.78 is 9.50. The Labute approximate surface area is 210 Å². The van der Waals surface area contributed by atoms with Crippen LogP contribution in [0.4, 0.5) is 11.5 Å². The molecule has 0 atom stereocenters. The SMILES string of the molecule is COc1cc(-c2cnc(C)n2C)ccc1Nc1cc2cc(-c3cnn(CC(C)(C)O)c3)ccc2cn1. The molecule has 0 saturated carbocycles. The number of imidazole rings is 1. The van der Waals surface area contributed by atoms with Gasteiger partial charge in [-0.3, -0.25) is 4.68 Å². The molecular weight excluding hydrogens is 452 g/mol. The highest BCUT2D eigenvalue weighted by Crippen LogP contribution is 2.33. The molecule has 5 aromatic rings. The molecule has 0 unspecified atom stereocenters. The van der Waals surface area contributed by atoms with Crippen LogP contribution in [-0.4, -0.2) is 42.1 Å². The van der Waals surface area contributed by atoms with Gasteiger partial charge < -0.3 is 19.7 Å². The molecule has 5 rings (SSSR count). The average molecular weight is 483 g/mol. The third-order valence-corrected chi connectivity index (χ3v) is 6.22. The van der Waals surface area contributed by atoms with Crippen molar-refractivity contribution in [3.63, 3.8) is 0 Å². The zero-order valence-corrected chi connectivity index (χ0v) is 21.1. The molecule has 8 nitrogen and oxygen atoms in total. The van der Waals surface area contributed by atoms with Crippen molar-refractivity contribution in [1.82, 2.24) is 24.3 Å².